The molecule has 0 amide bonds. The lowest BCUT2D eigenvalue weighted by Crippen LogP contribution is -2.43. The minimum Gasteiger partial charge on any atom is -0.382 e. The van der Waals surface area contributed by atoms with Crippen molar-refractivity contribution in [2.75, 3.05) is 38.6 Å². The predicted molar refractivity (Wildman–Crippen MR) is 66.9 cm³/mol. The molecule has 17 heavy (non-hydrogen) atoms. The van der Waals surface area contributed by atoms with E-state index < -0.39 is 0 Å². The smallest absolute Gasteiger partial charge is 0.128 e. The maximum absolute atomic E-state index is 13.3. The van der Waals surface area contributed by atoms with Crippen molar-refractivity contribution >= 4 is 5.69 Å². The van der Waals surface area contributed by atoms with Crippen molar-refractivity contribution in [3.63, 3.8) is 0 Å². The van der Waals surface area contributed by atoms with Gasteiger partial charge in [0.2, 0.25) is 0 Å². The molecule has 1 unspecified atom stereocenters. The second-order valence-electron chi connectivity index (χ2n) is 4.60. The van der Waals surface area contributed by atoms with Crippen LogP contribution in [0.15, 0.2) is 18.2 Å². The van der Waals surface area contributed by atoms with Crippen LogP contribution in [0.5, 0.6) is 0 Å². The van der Waals surface area contributed by atoms with E-state index >= 15 is 0 Å². The molecule has 1 fully saturated rings. The van der Waals surface area contributed by atoms with Gasteiger partial charge in [0.05, 0.1) is 12.7 Å². The Kier molecular flexibility index (Phi) is 3.97. The van der Waals surface area contributed by atoms with Crippen molar-refractivity contribution in [3.8, 4) is 0 Å². The van der Waals surface area contributed by atoms with Crippen LogP contribution in [-0.2, 0) is 4.74 Å². The zero-order valence-corrected chi connectivity index (χ0v) is 10.4. The lowest BCUT2D eigenvalue weighted by molar-refractivity contribution is -0.0117. The Hall–Kier alpha value is -1.13. The molecule has 0 radical (unpaired) electrons. The van der Waals surface area contributed by atoms with Gasteiger partial charge in [0.15, 0.2) is 0 Å². The first-order valence-corrected chi connectivity index (χ1v) is 5.95. The fourth-order valence-electron chi connectivity index (χ4n) is 1.92. The molecule has 1 N–H and O–H groups in total. The highest BCUT2D eigenvalue weighted by Gasteiger charge is 2.17. The number of ether oxygens (including phenoxy) is 1. The van der Waals surface area contributed by atoms with Crippen LogP contribution < -0.4 is 5.32 Å². The molecular formula is C13H19FN2O. The van der Waals surface area contributed by atoms with Crippen molar-refractivity contribution < 1.29 is 9.13 Å². The van der Waals surface area contributed by atoms with E-state index in [1.165, 1.54) is 6.07 Å². The second kappa shape index (κ2) is 5.47. The average Bonchev–Trinajstić information content (AvgIpc) is 2.31. The molecule has 94 valence electrons. The number of hydrogen-bond donors (Lipinski definition) is 1. The van der Waals surface area contributed by atoms with Gasteiger partial charge in [-0.1, -0.05) is 6.07 Å². The topological polar surface area (TPSA) is 24.5 Å². The molecule has 2 rings (SSSR count). The molecule has 0 spiro atoms. The van der Waals surface area contributed by atoms with Crippen molar-refractivity contribution in [2.24, 2.45) is 0 Å². The Morgan fingerprint density at radius 3 is 3.06 bits per heavy atom. The molecule has 0 saturated carbocycles. The average molecular weight is 238 g/mol. The van der Waals surface area contributed by atoms with Crippen molar-refractivity contribution in [2.45, 2.75) is 13.0 Å². The van der Waals surface area contributed by atoms with E-state index in [9.17, 15) is 4.39 Å². The number of benzene rings is 1. The normalized spacial score (nSPS) is 21.5. The summed E-state index contributed by atoms with van der Waals surface area (Å²) in [4.78, 5) is 2.24. The molecule has 0 aliphatic carbocycles. The molecule has 1 aliphatic rings. The highest BCUT2D eigenvalue weighted by Crippen LogP contribution is 2.14. The predicted octanol–water partition coefficient (Wildman–Crippen LogP) is 1.88. The molecule has 1 saturated heterocycles. The molecule has 0 aromatic heterocycles. The van der Waals surface area contributed by atoms with Gasteiger partial charge in [-0.15, -0.1) is 0 Å². The van der Waals surface area contributed by atoms with Crippen molar-refractivity contribution in [3.05, 3.63) is 29.6 Å². The summed E-state index contributed by atoms with van der Waals surface area (Å²) in [6.07, 6.45) is 0.179. The van der Waals surface area contributed by atoms with Gasteiger partial charge in [-0.3, -0.25) is 0 Å². The Bertz CT molecular complexity index is 384. The summed E-state index contributed by atoms with van der Waals surface area (Å²) in [7, 11) is 2.08. The first-order valence-electron chi connectivity index (χ1n) is 5.95. The summed E-state index contributed by atoms with van der Waals surface area (Å²) < 4.78 is 19.0. The van der Waals surface area contributed by atoms with Gasteiger partial charge in [0, 0.05) is 25.3 Å². The highest BCUT2D eigenvalue weighted by molar-refractivity contribution is 5.45. The maximum Gasteiger partial charge on any atom is 0.128 e. The monoisotopic (exact) mass is 238 g/mol. The lowest BCUT2D eigenvalue weighted by atomic mass is 10.2. The van der Waals surface area contributed by atoms with Crippen molar-refractivity contribution in [1.82, 2.24) is 4.90 Å². The number of likely N-dealkylation sites (N-methyl/N-ethyl adjacent to an activating group) is 1. The molecule has 3 nitrogen and oxygen atoms in total. The Morgan fingerprint density at radius 2 is 2.35 bits per heavy atom. The summed E-state index contributed by atoms with van der Waals surface area (Å²) in [5.74, 6) is -0.170. The zero-order chi connectivity index (χ0) is 12.3. The van der Waals surface area contributed by atoms with Crippen LogP contribution in [0, 0.1) is 12.7 Å². The molecule has 1 aliphatic heterocycles. The molecule has 1 aromatic carbocycles. The summed E-state index contributed by atoms with van der Waals surface area (Å²) >= 11 is 0. The van der Waals surface area contributed by atoms with Gasteiger partial charge < -0.3 is 15.0 Å². The number of hydrogen-bond acceptors (Lipinski definition) is 3. The van der Waals surface area contributed by atoms with Crippen LogP contribution in [-0.4, -0.2) is 44.3 Å². The maximum atomic E-state index is 13.3. The Balaban J connectivity index is 1.86. The third-order valence-electron chi connectivity index (χ3n) is 3.05. The van der Waals surface area contributed by atoms with Gasteiger partial charge in [0.1, 0.15) is 5.82 Å². The Labute approximate surface area is 102 Å². The number of rotatable bonds is 3. The SMILES string of the molecule is Cc1ccc(NCC2CN(C)CCO2)cc1F. The largest absolute Gasteiger partial charge is 0.382 e. The first kappa shape index (κ1) is 12.3. The molecule has 0 bridgehead atoms. The molecule has 1 heterocycles. The first-order chi connectivity index (χ1) is 8.15. The van der Waals surface area contributed by atoms with E-state index in [4.69, 9.17) is 4.74 Å². The van der Waals surface area contributed by atoms with Crippen LogP contribution in [0.2, 0.25) is 0 Å². The number of nitrogens with one attached hydrogen (secondary N) is 1. The molecular weight excluding hydrogens is 219 g/mol. The minimum absolute atomic E-state index is 0.170. The van der Waals surface area contributed by atoms with Crippen LogP contribution in [0.25, 0.3) is 0 Å². The van der Waals surface area contributed by atoms with Gasteiger partial charge in [-0.2, -0.15) is 0 Å². The van der Waals surface area contributed by atoms with Crippen LogP contribution in [0.3, 0.4) is 0 Å². The van der Waals surface area contributed by atoms with Gasteiger partial charge in [-0.25, -0.2) is 4.39 Å². The summed E-state index contributed by atoms with van der Waals surface area (Å²) in [6, 6.07) is 5.21. The third-order valence-corrected chi connectivity index (χ3v) is 3.05. The van der Waals surface area contributed by atoms with Gasteiger partial charge in [-0.05, 0) is 31.7 Å². The van der Waals surface area contributed by atoms with Gasteiger partial charge >= 0.3 is 0 Å². The summed E-state index contributed by atoms with van der Waals surface area (Å²) in [6.45, 7) is 5.15. The molecule has 4 heteroatoms. The van der Waals surface area contributed by atoms with E-state index in [2.05, 4.69) is 17.3 Å². The standard InChI is InChI=1S/C13H19FN2O/c1-10-3-4-11(7-13(10)14)15-8-12-9-16(2)5-6-17-12/h3-4,7,12,15H,5-6,8-9H2,1-2H3. The number of morpholine rings is 1. The fourth-order valence-corrected chi connectivity index (χ4v) is 1.92. The van der Waals surface area contributed by atoms with E-state index in [0.717, 1.165) is 25.4 Å². The summed E-state index contributed by atoms with van der Waals surface area (Å²) in [5, 5.41) is 3.21. The van der Waals surface area contributed by atoms with Crippen LogP contribution >= 0.6 is 0 Å². The number of aryl methyl sites for hydroxylation is 1. The lowest BCUT2D eigenvalue weighted by Gasteiger charge is -2.30. The quantitative estimate of drug-likeness (QED) is 0.870. The van der Waals surface area contributed by atoms with E-state index in [1.807, 2.05) is 6.07 Å². The molecule has 1 aromatic rings. The number of halogens is 1. The molecule has 1 atom stereocenters. The van der Waals surface area contributed by atoms with Crippen LogP contribution in [0.4, 0.5) is 10.1 Å². The van der Waals surface area contributed by atoms with Crippen LogP contribution in [0.1, 0.15) is 5.56 Å². The zero-order valence-electron chi connectivity index (χ0n) is 10.4. The van der Waals surface area contributed by atoms with E-state index in [0.29, 0.717) is 12.1 Å². The third kappa shape index (κ3) is 3.41. The number of nitrogens with zero attached hydrogens (tertiary/aromatic N) is 1. The van der Waals surface area contributed by atoms with E-state index in [-0.39, 0.29) is 11.9 Å². The summed E-state index contributed by atoms with van der Waals surface area (Å²) in [5.41, 5.74) is 1.48. The minimum atomic E-state index is -0.170. The Morgan fingerprint density at radius 1 is 1.53 bits per heavy atom. The van der Waals surface area contributed by atoms with Crippen molar-refractivity contribution in [1.29, 1.82) is 0 Å². The fraction of sp³-hybridized carbons (Fsp3) is 0.538. The number of anilines is 1. The highest BCUT2D eigenvalue weighted by atomic mass is 19.1. The second-order valence-corrected chi connectivity index (χ2v) is 4.60. The van der Waals surface area contributed by atoms with E-state index in [1.54, 1.807) is 13.0 Å². The van der Waals surface area contributed by atoms with Gasteiger partial charge in [0.25, 0.3) is 0 Å².